The number of nitrogens with one attached hydrogen (secondary N) is 1. The van der Waals surface area contributed by atoms with Crippen LogP contribution in [-0.2, 0) is 11.2 Å². The number of carboxylic acid groups (broad SMARTS) is 1. The molecule has 0 aliphatic heterocycles. The number of hydrogen-bond acceptors (Lipinski definition) is 7. The fourth-order valence-electron chi connectivity index (χ4n) is 3.92. The summed E-state index contributed by atoms with van der Waals surface area (Å²) in [5.41, 5.74) is 3.47. The number of hydrogen-bond donors (Lipinski definition) is 2. The second-order valence-corrected chi connectivity index (χ2v) is 9.27. The summed E-state index contributed by atoms with van der Waals surface area (Å²) in [5.74, 6) is 0.379. The zero-order valence-corrected chi connectivity index (χ0v) is 22.2. The van der Waals surface area contributed by atoms with Gasteiger partial charge in [0.25, 0.3) is 0 Å². The Morgan fingerprint density at radius 2 is 1.73 bits per heavy atom. The van der Waals surface area contributed by atoms with Crippen molar-refractivity contribution in [2.24, 2.45) is 0 Å². The van der Waals surface area contributed by atoms with E-state index in [2.05, 4.69) is 29.0 Å². The Morgan fingerprint density at radius 3 is 2.30 bits per heavy atom. The second-order valence-electron chi connectivity index (χ2n) is 9.27. The molecule has 3 aromatic rings. The number of benzene rings is 2. The van der Waals surface area contributed by atoms with Crippen molar-refractivity contribution in [2.75, 3.05) is 30.9 Å². The molecule has 1 heterocycles. The highest BCUT2D eigenvalue weighted by atomic mass is 16.6. The van der Waals surface area contributed by atoms with Crippen molar-refractivity contribution in [3.63, 3.8) is 0 Å². The summed E-state index contributed by atoms with van der Waals surface area (Å²) in [6, 6.07) is 13.9. The van der Waals surface area contributed by atoms with Crippen LogP contribution in [0.1, 0.15) is 31.9 Å². The maximum atomic E-state index is 12.3. The van der Waals surface area contributed by atoms with E-state index >= 15 is 0 Å². The molecule has 37 heavy (non-hydrogen) atoms. The molecule has 196 valence electrons. The Hall–Kier alpha value is -4.14. The zero-order valence-electron chi connectivity index (χ0n) is 22.2. The van der Waals surface area contributed by atoms with Crippen molar-refractivity contribution in [1.29, 1.82) is 0 Å². The van der Waals surface area contributed by atoms with Gasteiger partial charge in [-0.3, -0.25) is 0 Å². The Bertz CT molecular complexity index is 1230. The van der Waals surface area contributed by atoms with Crippen LogP contribution in [-0.4, -0.2) is 64.8 Å². The molecule has 0 aliphatic carbocycles. The maximum Gasteiger partial charge on any atom is 0.414 e. The first kappa shape index (κ1) is 27.4. The van der Waals surface area contributed by atoms with Crippen LogP contribution >= 0.6 is 0 Å². The van der Waals surface area contributed by atoms with Crippen molar-refractivity contribution in [3.05, 3.63) is 65.9 Å². The van der Waals surface area contributed by atoms with Gasteiger partial charge in [-0.05, 0) is 56.5 Å². The number of rotatable bonds is 10. The number of carbonyl (C=O) groups excluding carboxylic acids is 1. The van der Waals surface area contributed by atoms with Crippen LogP contribution in [0, 0.1) is 6.92 Å². The molecular formula is C28H35N5O4. The van der Waals surface area contributed by atoms with Crippen molar-refractivity contribution in [3.8, 4) is 16.9 Å². The topological polar surface area (TPSA) is 108 Å². The molecule has 0 bridgehead atoms. The van der Waals surface area contributed by atoms with Gasteiger partial charge in [-0.15, -0.1) is 0 Å². The quantitative estimate of drug-likeness (QED) is 0.402. The van der Waals surface area contributed by atoms with Crippen molar-refractivity contribution >= 4 is 23.8 Å². The molecular weight excluding hydrogens is 470 g/mol. The third kappa shape index (κ3) is 6.97. The number of aliphatic carboxylic acids is 1. The molecule has 1 amide bonds. The monoisotopic (exact) mass is 505 g/mol. The lowest BCUT2D eigenvalue weighted by molar-refractivity contribution is -0.137. The molecule has 3 rings (SSSR count). The molecule has 1 atom stereocenters. The number of aryl methyl sites for hydroxylation is 1. The minimum absolute atomic E-state index is 0.178. The average Bonchev–Trinajstić information content (AvgIpc) is 2.85. The van der Waals surface area contributed by atoms with Crippen LogP contribution in [0.15, 0.2) is 54.7 Å². The lowest BCUT2D eigenvalue weighted by Gasteiger charge is -2.26. The number of carboxylic acids is 1. The normalized spacial score (nSPS) is 11.6. The fourth-order valence-corrected chi connectivity index (χ4v) is 3.92. The molecule has 0 saturated carbocycles. The minimum Gasteiger partial charge on any atom is -0.480 e. The molecule has 0 aliphatic rings. The van der Waals surface area contributed by atoms with Gasteiger partial charge in [-0.1, -0.05) is 36.4 Å². The molecule has 0 unspecified atom stereocenters. The highest BCUT2D eigenvalue weighted by Gasteiger charge is 2.23. The van der Waals surface area contributed by atoms with Crippen molar-refractivity contribution in [2.45, 2.75) is 46.2 Å². The first-order valence-corrected chi connectivity index (χ1v) is 12.3. The van der Waals surface area contributed by atoms with Crippen LogP contribution in [0.3, 0.4) is 0 Å². The van der Waals surface area contributed by atoms with Gasteiger partial charge in [0.2, 0.25) is 5.95 Å². The van der Waals surface area contributed by atoms with E-state index in [0.717, 1.165) is 22.3 Å². The van der Waals surface area contributed by atoms with Gasteiger partial charge >= 0.3 is 12.1 Å². The molecule has 0 spiro atoms. The molecule has 0 saturated heterocycles. The van der Waals surface area contributed by atoms with Crippen molar-refractivity contribution < 1.29 is 19.4 Å². The van der Waals surface area contributed by atoms with E-state index in [0.29, 0.717) is 24.1 Å². The number of amides is 1. The smallest absolute Gasteiger partial charge is 0.414 e. The highest BCUT2D eigenvalue weighted by Crippen LogP contribution is 2.31. The molecule has 2 aromatic carbocycles. The van der Waals surface area contributed by atoms with Gasteiger partial charge in [-0.25, -0.2) is 14.6 Å². The van der Waals surface area contributed by atoms with E-state index in [9.17, 15) is 14.7 Å². The Labute approximate surface area is 218 Å². The maximum absolute atomic E-state index is 12.3. The summed E-state index contributed by atoms with van der Waals surface area (Å²) >= 11 is 0. The third-order valence-corrected chi connectivity index (χ3v) is 5.97. The molecule has 9 heteroatoms. The molecule has 0 fully saturated rings. The molecule has 2 N–H and O–H groups in total. The van der Waals surface area contributed by atoms with Gasteiger partial charge in [-0.2, -0.15) is 4.98 Å². The summed E-state index contributed by atoms with van der Waals surface area (Å²) in [5, 5.41) is 13.2. The SMILES string of the molecule is CCN(c1ncc(-c2ccccc2C)c(N[C@@H](Cc2ccc(OC(=O)N(C)C)cc2)C(=O)O)n1)C(C)C. The van der Waals surface area contributed by atoms with Gasteiger partial charge in [0.1, 0.15) is 17.6 Å². The largest absolute Gasteiger partial charge is 0.480 e. The summed E-state index contributed by atoms with van der Waals surface area (Å²) in [6.07, 6.45) is 1.47. The lowest BCUT2D eigenvalue weighted by Crippen LogP contribution is -2.34. The van der Waals surface area contributed by atoms with E-state index in [4.69, 9.17) is 9.72 Å². The predicted molar refractivity (Wildman–Crippen MR) is 145 cm³/mol. The predicted octanol–water partition coefficient (Wildman–Crippen LogP) is 4.85. The van der Waals surface area contributed by atoms with Crippen molar-refractivity contribution in [1.82, 2.24) is 14.9 Å². The Kier molecular flexibility index (Phi) is 9.05. The van der Waals surface area contributed by atoms with E-state index in [1.165, 1.54) is 4.90 Å². The van der Waals surface area contributed by atoms with E-state index in [-0.39, 0.29) is 12.5 Å². The second kappa shape index (κ2) is 12.2. The summed E-state index contributed by atoms with van der Waals surface area (Å²) in [4.78, 5) is 36.9. The minimum atomic E-state index is -1.00. The first-order valence-electron chi connectivity index (χ1n) is 12.3. The van der Waals surface area contributed by atoms with Crippen LogP contribution in [0.4, 0.5) is 16.6 Å². The number of ether oxygens (including phenoxy) is 1. The number of carbonyl (C=O) groups is 2. The fraction of sp³-hybridized carbons (Fsp3) is 0.357. The van der Waals surface area contributed by atoms with Crippen LogP contribution in [0.25, 0.3) is 11.1 Å². The Balaban J connectivity index is 1.93. The average molecular weight is 506 g/mol. The lowest BCUT2D eigenvalue weighted by atomic mass is 10.0. The van der Waals surface area contributed by atoms with Gasteiger partial charge < -0.3 is 25.0 Å². The standard InChI is InChI=1S/C28H35N5O4/c1-7-33(18(2)3)27-29-17-23(22-11-9-8-10-19(22)4)25(31-27)30-24(26(34)35)16-20-12-14-21(15-13-20)37-28(36)32(5)6/h8-15,17-18,24H,7,16H2,1-6H3,(H,34,35)(H,29,30,31)/t24-/m0/s1. The summed E-state index contributed by atoms with van der Waals surface area (Å²) < 4.78 is 5.25. The summed E-state index contributed by atoms with van der Waals surface area (Å²) in [6.45, 7) is 8.88. The molecule has 9 nitrogen and oxygen atoms in total. The molecule has 0 radical (unpaired) electrons. The number of nitrogens with zero attached hydrogens (tertiary/aromatic N) is 4. The van der Waals surface area contributed by atoms with Crippen LogP contribution < -0.4 is 15.0 Å². The van der Waals surface area contributed by atoms with E-state index in [1.54, 1.807) is 44.6 Å². The highest BCUT2D eigenvalue weighted by molar-refractivity contribution is 5.83. The molecule has 1 aromatic heterocycles. The Morgan fingerprint density at radius 1 is 1.05 bits per heavy atom. The van der Waals surface area contributed by atoms with E-state index < -0.39 is 18.1 Å². The number of aromatic nitrogens is 2. The van der Waals surface area contributed by atoms with Gasteiger partial charge in [0.05, 0.1) is 0 Å². The van der Waals surface area contributed by atoms with Gasteiger partial charge in [0, 0.05) is 44.9 Å². The third-order valence-electron chi connectivity index (χ3n) is 5.97. The van der Waals surface area contributed by atoms with Crippen LogP contribution in [0.5, 0.6) is 5.75 Å². The summed E-state index contributed by atoms with van der Waals surface area (Å²) in [7, 11) is 3.20. The zero-order chi connectivity index (χ0) is 27.1. The number of anilines is 2. The van der Waals surface area contributed by atoms with E-state index in [1.807, 2.05) is 38.1 Å². The first-order chi connectivity index (χ1) is 17.6. The van der Waals surface area contributed by atoms with Gasteiger partial charge in [0.15, 0.2) is 0 Å². The van der Waals surface area contributed by atoms with Crippen LogP contribution in [0.2, 0.25) is 0 Å².